The van der Waals surface area contributed by atoms with Gasteiger partial charge in [0.2, 0.25) is 0 Å². The minimum absolute atomic E-state index is 0.286. The van der Waals surface area contributed by atoms with Crippen molar-refractivity contribution in [2.45, 2.75) is 47.0 Å². The second-order valence-corrected chi connectivity index (χ2v) is 9.79. The van der Waals surface area contributed by atoms with Crippen LogP contribution in [0, 0.1) is 12.7 Å². The highest BCUT2D eigenvalue weighted by atomic mass is 19.1. The fraction of sp³-hybridized carbons (Fsp3) is 0.194. The van der Waals surface area contributed by atoms with Gasteiger partial charge in [-0.3, -0.25) is 5.10 Å². The molecule has 0 saturated heterocycles. The van der Waals surface area contributed by atoms with Crippen LogP contribution in [-0.4, -0.2) is 15.2 Å². The summed E-state index contributed by atoms with van der Waals surface area (Å²) in [5.74, 6) is -0.286. The van der Waals surface area contributed by atoms with E-state index in [0.717, 1.165) is 86.2 Å². The molecule has 3 N–H and O–H groups in total. The first-order valence-electron chi connectivity index (χ1n) is 13.9. The van der Waals surface area contributed by atoms with E-state index < -0.39 is 0 Å². The average molecular weight is 549 g/mol. The van der Waals surface area contributed by atoms with E-state index in [1.807, 2.05) is 63.3 Å². The number of nitrogens with zero attached hydrogens (tertiary/aromatic N) is 1. The molecular formula is C36H41FN4. The lowest BCUT2D eigenvalue weighted by Crippen LogP contribution is -2.23. The number of rotatable bonds is 13. The summed E-state index contributed by atoms with van der Waals surface area (Å²) in [4.78, 5) is 3.48. The topological polar surface area (TPSA) is 56.5 Å². The molecule has 4 nitrogen and oxygen atoms in total. The molecule has 0 fully saturated rings. The molecule has 0 aliphatic carbocycles. The van der Waals surface area contributed by atoms with Crippen molar-refractivity contribution in [3.05, 3.63) is 143 Å². The summed E-state index contributed by atoms with van der Waals surface area (Å²) in [7, 11) is 0. The van der Waals surface area contributed by atoms with Crippen LogP contribution < -0.4 is 15.9 Å². The second-order valence-electron chi connectivity index (χ2n) is 9.79. The summed E-state index contributed by atoms with van der Waals surface area (Å²) in [6.45, 7) is 24.5. The zero-order chi connectivity index (χ0) is 29.9. The minimum atomic E-state index is -0.286. The third kappa shape index (κ3) is 7.73. The molecule has 0 aliphatic rings. The van der Waals surface area contributed by atoms with E-state index in [-0.39, 0.29) is 5.82 Å². The van der Waals surface area contributed by atoms with Gasteiger partial charge in [0.25, 0.3) is 0 Å². The number of aromatic nitrogens is 3. The Balaban J connectivity index is 2.05. The van der Waals surface area contributed by atoms with Crippen molar-refractivity contribution < 1.29 is 4.39 Å². The first-order chi connectivity index (χ1) is 19.8. The van der Waals surface area contributed by atoms with E-state index in [4.69, 9.17) is 0 Å². The molecule has 0 aliphatic heterocycles. The number of aryl methyl sites for hydroxylation is 1. The molecule has 2 aromatic heterocycles. The third-order valence-electron chi connectivity index (χ3n) is 6.79. The van der Waals surface area contributed by atoms with Crippen LogP contribution in [0.4, 0.5) is 4.39 Å². The van der Waals surface area contributed by atoms with Crippen LogP contribution in [0.5, 0.6) is 0 Å². The lowest BCUT2D eigenvalue weighted by atomic mass is 9.97. The smallest absolute Gasteiger partial charge is 0.123 e. The van der Waals surface area contributed by atoms with E-state index in [9.17, 15) is 4.39 Å². The molecule has 3 aromatic rings. The maximum absolute atomic E-state index is 14.1. The van der Waals surface area contributed by atoms with Crippen molar-refractivity contribution in [3.63, 3.8) is 0 Å². The number of hydrogen-bond acceptors (Lipinski definition) is 2. The molecular weight excluding hydrogens is 507 g/mol. The van der Waals surface area contributed by atoms with Gasteiger partial charge in [-0.1, -0.05) is 76.1 Å². The maximum atomic E-state index is 14.1. The third-order valence-corrected chi connectivity index (χ3v) is 6.79. The molecule has 0 atom stereocenters. The number of aromatic amines is 2. The van der Waals surface area contributed by atoms with Crippen LogP contribution in [0.3, 0.4) is 0 Å². The molecule has 0 bridgehead atoms. The van der Waals surface area contributed by atoms with Crippen LogP contribution in [0.2, 0.25) is 0 Å². The minimum Gasteiger partial charge on any atom is -0.359 e. The molecule has 0 spiro atoms. The number of benzene rings is 1. The molecule has 41 heavy (non-hydrogen) atoms. The van der Waals surface area contributed by atoms with Gasteiger partial charge in [0.05, 0.1) is 11.0 Å². The molecule has 3 rings (SSSR count). The Morgan fingerprint density at radius 2 is 1.93 bits per heavy atom. The van der Waals surface area contributed by atoms with E-state index in [1.54, 1.807) is 18.2 Å². The van der Waals surface area contributed by atoms with E-state index >= 15 is 0 Å². The zero-order valence-corrected chi connectivity index (χ0v) is 24.7. The Morgan fingerprint density at radius 3 is 2.56 bits per heavy atom. The zero-order valence-electron chi connectivity index (χ0n) is 24.7. The molecule has 1 aromatic carbocycles. The molecule has 0 saturated carbocycles. The molecule has 212 valence electrons. The van der Waals surface area contributed by atoms with Crippen LogP contribution >= 0.6 is 0 Å². The van der Waals surface area contributed by atoms with Crippen molar-refractivity contribution >= 4 is 17.7 Å². The highest BCUT2D eigenvalue weighted by molar-refractivity contribution is 5.84. The van der Waals surface area contributed by atoms with Gasteiger partial charge < -0.3 is 10.3 Å². The molecule has 2 heterocycles. The standard InChI is InChI=1S/C36H41FN4/c1-9-14-17-25(7)38-30(12-4)22-27(11-3)24(6)20-33-34(13-5)40-41-36(33)35-23-32(26(8)39-35)31(16-10-2)28-18-15-19-29(37)21-28/h10-13,15-16,18-23,38-40H,2,4,6-7,9,14,17H2,1,3,5,8H3/b27-11+,30-22+,31-16-,33-20+,34-13+. The molecule has 0 radical (unpaired) electrons. The summed E-state index contributed by atoms with van der Waals surface area (Å²) >= 11 is 0. The van der Waals surface area contributed by atoms with Gasteiger partial charge >= 0.3 is 0 Å². The predicted molar refractivity (Wildman–Crippen MR) is 174 cm³/mol. The van der Waals surface area contributed by atoms with Gasteiger partial charge in [0.15, 0.2) is 0 Å². The van der Waals surface area contributed by atoms with Gasteiger partial charge in [-0.2, -0.15) is 5.10 Å². The Kier molecular flexibility index (Phi) is 11.0. The predicted octanol–water partition coefficient (Wildman–Crippen LogP) is 7.92. The summed E-state index contributed by atoms with van der Waals surface area (Å²) in [6.07, 6.45) is 16.6. The van der Waals surface area contributed by atoms with Gasteiger partial charge in [-0.15, -0.1) is 0 Å². The van der Waals surface area contributed by atoms with E-state index in [0.29, 0.717) is 0 Å². The number of hydrogen-bond donors (Lipinski definition) is 3. The van der Waals surface area contributed by atoms with Crippen LogP contribution in [0.25, 0.3) is 29.1 Å². The van der Waals surface area contributed by atoms with Crippen LogP contribution in [0.15, 0.2) is 110 Å². The lowest BCUT2D eigenvalue weighted by Gasteiger charge is -2.11. The number of nitrogens with one attached hydrogen (secondary N) is 3. The fourth-order valence-corrected chi connectivity index (χ4v) is 4.61. The molecule has 5 heteroatoms. The van der Waals surface area contributed by atoms with Gasteiger partial charge in [-0.05, 0) is 92.3 Å². The van der Waals surface area contributed by atoms with E-state index in [2.05, 4.69) is 53.7 Å². The number of unbranched alkanes of at least 4 members (excludes halogenated alkanes) is 1. The SMILES string of the molecule is C=C/C=C(/c1cccc(F)c1)c1cc(-c2n[nH]c(=C/C)/c2=C\C(=C)C(/C=C(\C=C)NC(=C)CCCC)=C/C)[nH]c1C. The van der Waals surface area contributed by atoms with Crippen molar-refractivity contribution in [3.8, 4) is 11.4 Å². The summed E-state index contributed by atoms with van der Waals surface area (Å²) in [5.41, 5.74) is 8.75. The Morgan fingerprint density at radius 1 is 1.15 bits per heavy atom. The monoisotopic (exact) mass is 548 g/mol. The van der Waals surface area contributed by atoms with Crippen molar-refractivity contribution in [2.24, 2.45) is 0 Å². The normalized spacial score (nSPS) is 13.4. The molecule has 0 amide bonds. The quantitative estimate of drug-likeness (QED) is 0.190. The number of allylic oxidation sites excluding steroid dienone is 8. The van der Waals surface area contributed by atoms with Crippen molar-refractivity contribution in [2.75, 3.05) is 0 Å². The van der Waals surface area contributed by atoms with Gasteiger partial charge in [-0.25, -0.2) is 4.39 Å². The Bertz CT molecular complexity index is 1650. The Labute approximate surface area is 243 Å². The largest absolute Gasteiger partial charge is 0.359 e. The maximum Gasteiger partial charge on any atom is 0.123 e. The van der Waals surface area contributed by atoms with Gasteiger partial charge in [0, 0.05) is 27.9 Å². The molecule has 0 unspecified atom stereocenters. The summed E-state index contributed by atoms with van der Waals surface area (Å²) in [5, 5.41) is 13.0. The van der Waals surface area contributed by atoms with Crippen molar-refractivity contribution in [1.29, 1.82) is 0 Å². The average Bonchev–Trinajstić information content (AvgIpc) is 3.54. The van der Waals surface area contributed by atoms with Crippen LogP contribution in [0.1, 0.15) is 56.9 Å². The van der Waals surface area contributed by atoms with E-state index in [1.165, 1.54) is 12.1 Å². The lowest BCUT2D eigenvalue weighted by molar-refractivity contribution is 0.627. The number of H-pyrrole nitrogens is 2. The van der Waals surface area contributed by atoms with Gasteiger partial charge in [0.1, 0.15) is 11.5 Å². The first kappa shape index (κ1) is 30.9. The second kappa shape index (κ2) is 14.7. The van der Waals surface area contributed by atoms with Crippen LogP contribution in [-0.2, 0) is 0 Å². The highest BCUT2D eigenvalue weighted by Crippen LogP contribution is 2.30. The first-order valence-corrected chi connectivity index (χ1v) is 13.9. The fourth-order valence-electron chi connectivity index (χ4n) is 4.61. The summed E-state index contributed by atoms with van der Waals surface area (Å²) < 4.78 is 14.1. The highest BCUT2D eigenvalue weighted by Gasteiger charge is 2.15. The number of halogens is 1. The van der Waals surface area contributed by atoms with Crippen molar-refractivity contribution in [1.82, 2.24) is 20.5 Å². The Hall–Kier alpha value is -4.64. The summed E-state index contributed by atoms with van der Waals surface area (Å²) in [6, 6.07) is 8.62.